The maximum atomic E-state index is 9.18. The molecule has 2 aromatic carbocycles. The highest BCUT2D eigenvalue weighted by Gasteiger charge is 2.08. The number of hydrogen-bond acceptors (Lipinski definition) is 2. The first kappa shape index (κ1) is 14.4. The highest BCUT2D eigenvalue weighted by molar-refractivity contribution is 5.97. The van der Waals surface area contributed by atoms with E-state index in [0.717, 1.165) is 34.4 Å². The van der Waals surface area contributed by atoms with Gasteiger partial charge in [-0.05, 0) is 37.8 Å². The van der Waals surface area contributed by atoms with Gasteiger partial charge in [0.1, 0.15) is 0 Å². The Bertz CT molecular complexity index is 623. The Morgan fingerprint density at radius 3 is 2.35 bits per heavy atom. The summed E-state index contributed by atoms with van der Waals surface area (Å²) in [5.74, 6) is 0.733. The Labute approximate surface area is 121 Å². The van der Waals surface area contributed by atoms with E-state index in [0.29, 0.717) is 6.04 Å². The van der Waals surface area contributed by atoms with Gasteiger partial charge in [0.05, 0.1) is 11.6 Å². The van der Waals surface area contributed by atoms with Crippen molar-refractivity contribution < 1.29 is 0 Å². The quantitative estimate of drug-likeness (QED) is 0.831. The lowest BCUT2D eigenvalue weighted by atomic mass is 10.0. The molecule has 2 rings (SSSR count). The number of anilines is 1. The van der Waals surface area contributed by atoms with Crippen molar-refractivity contribution in [1.82, 2.24) is 0 Å². The zero-order valence-corrected chi connectivity index (χ0v) is 12.5. The number of rotatable bonds is 5. The minimum absolute atomic E-state index is 0.439. The Balaban J connectivity index is 2.25. The fourth-order valence-corrected chi connectivity index (χ4v) is 2.44. The lowest BCUT2D eigenvalue weighted by Crippen LogP contribution is -2.16. The van der Waals surface area contributed by atoms with Crippen molar-refractivity contribution in [3.8, 4) is 6.07 Å². The van der Waals surface area contributed by atoms with Gasteiger partial charge in [0.25, 0.3) is 0 Å². The molecule has 0 amide bonds. The maximum absolute atomic E-state index is 9.18. The van der Waals surface area contributed by atoms with E-state index in [1.165, 1.54) is 6.42 Å². The van der Waals surface area contributed by atoms with E-state index in [2.05, 4.69) is 38.2 Å². The third kappa shape index (κ3) is 3.30. The number of benzene rings is 2. The minimum Gasteiger partial charge on any atom is -0.382 e. The molecule has 0 saturated carbocycles. The van der Waals surface area contributed by atoms with Crippen LogP contribution in [-0.2, 0) is 0 Å². The first-order valence-electron chi connectivity index (χ1n) is 7.30. The summed E-state index contributed by atoms with van der Waals surface area (Å²) in [5, 5.41) is 14.9. The molecule has 0 aliphatic heterocycles. The van der Waals surface area contributed by atoms with Gasteiger partial charge in [-0.1, -0.05) is 38.1 Å². The summed E-state index contributed by atoms with van der Waals surface area (Å²) in [5.41, 5.74) is 1.86. The molecule has 1 N–H and O–H groups in total. The van der Waals surface area contributed by atoms with Gasteiger partial charge in [-0.25, -0.2) is 0 Å². The SMILES string of the molecule is CC(C)CCC(C)Nc1ccc(C#N)c2ccccc12. The van der Waals surface area contributed by atoms with Crippen molar-refractivity contribution in [3.05, 3.63) is 42.0 Å². The van der Waals surface area contributed by atoms with Crippen LogP contribution >= 0.6 is 0 Å². The summed E-state index contributed by atoms with van der Waals surface area (Å²) in [6.45, 7) is 6.73. The summed E-state index contributed by atoms with van der Waals surface area (Å²) in [4.78, 5) is 0. The highest BCUT2D eigenvalue weighted by atomic mass is 14.9. The van der Waals surface area contributed by atoms with Gasteiger partial charge >= 0.3 is 0 Å². The molecular formula is C18H22N2. The van der Waals surface area contributed by atoms with Gasteiger partial charge in [0.15, 0.2) is 0 Å². The summed E-state index contributed by atoms with van der Waals surface area (Å²) >= 11 is 0. The standard InChI is InChI=1S/C18H22N2/c1-13(2)8-9-14(3)20-18-11-10-15(12-19)16-6-4-5-7-17(16)18/h4-7,10-11,13-14,20H,8-9H2,1-3H3. The molecular weight excluding hydrogens is 244 g/mol. The lowest BCUT2D eigenvalue weighted by Gasteiger charge is -2.18. The molecule has 0 aliphatic carbocycles. The molecule has 2 heteroatoms. The highest BCUT2D eigenvalue weighted by Crippen LogP contribution is 2.27. The normalized spacial score (nSPS) is 12.3. The van der Waals surface area contributed by atoms with Crippen molar-refractivity contribution in [2.24, 2.45) is 5.92 Å². The van der Waals surface area contributed by atoms with Crippen molar-refractivity contribution in [2.45, 2.75) is 39.7 Å². The molecule has 0 fully saturated rings. The van der Waals surface area contributed by atoms with Crippen LogP contribution in [0.4, 0.5) is 5.69 Å². The molecule has 1 unspecified atom stereocenters. The van der Waals surface area contributed by atoms with E-state index in [-0.39, 0.29) is 0 Å². The number of hydrogen-bond donors (Lipinski definition) is 1. The molecule has 104 valence electrons. The first-order chi connectivity index (χ1) is 9.61. The van der Waals surface area contributed by atoms with Crippen molar-refractivity contribution in [2.75, 3.05) is 5.32 Å². The van der Waals surface area contributed by atoms with E-state index < -0.39 is 0 Å². The average molecular weight is 266 g/mol. The van der Waals surface area contributed by atoms with Crippen molar-refractivity contribution >= 4 is 16.5 Å². The smallest absolute Gasteiger partial charge is 0.0998 e. The molecule has 0 radical (unpaired) electrons. The summed E-state index contributed by atoms with van der Waals surface area (Å²) in [6, 6.07) is 14.7. The van der Waals surface area contributed by atoms with Crippen molar-refractivity contribution in [3.63, 3.8) is 0 Å². The predicted molar refractivity (Wildman–Crippen MR) is 85.8 cm³/mol. The molecule has 0 aromatic heterocycles. The van der Waals surface area contributed by atoms with Crippen LogP contribution in [0.15, 0.2) is 36.4 Å². The summed E-state index contributed by atoms with van der Waals surface area (Å²) < 4.78 is 0. The van der Waals surface area contributed by atoms with Gasteiger partial charge in [-0.3, -0.25) is 0 Å². The topological polar surface area (TPSA) is 35.8 Å². The Morgan fingerprint density at radius 2 is 1.70 bits per heavy atom. The van der Waals surface area contributed by atoms with Crippen LogP contribution in [0.25, 0.3) is 10.8 Å². The zero-order chi connectivity index (χ0) is 14.5. The molecule has 0 heterocycles. The third-order valence-electron chi connectivity index (χ3n) is 3.62. The molecule has 2 aromatic rings. The zero-order valence-electron chi connectivity index (χ0n) is 12.5. The maximum Gasteiger partial charge on any atom is 0.0998 e. The number of nitrogens with one attached hydrogen (secondary N) is 1. The molecule has 0 aliphatic rings. The van der Waals surface area contributed by atoms with E-state index >= 15 is 0 Å². The molecule has 0 saturated heterocycles. The molecule has 0 bridgehead atoms. The fourth-order valence-electron chi connectivity index (χ4n) is 2.44. The van der Waals surface area contributed by atoms with Crippen LogP contribution in [0.1, 0.15) is 39.2 Å². The second-order valence-corrected chi connectivity index (χ2v) is 5.83. The second kappa shape index (κ2) is 6.43. The Kier molecular flexibility index (Phi) is 4.63. The Morgan fingerprint density at radius 1 is 1.00 bits per heavy atom. The minimum atomic E-state index is 0.439. The molecule has 2 nitrogen and oxygen atoms in total. The monoisotopic (exact) mass is 266 g/mol. The molecule has 20 heavy (non-hydrogen) atoms. The number of nitrogens with zero attached hydrogens (tertiary/aromatic N) is 1. The lowest BCUT2D eigenvalue weighted by molar-refractivity contribution is 0.528. The van der Waals surface area contributed by atoms with Gasteiger partial charge in [-0.2, -0.15) is 5.26 Å². The average Bonchev–Trinajstić information content (AvgIpc) is 2.45. The number of fused-ring (bicyclic) bond motifs is 1. The van der Waals surface area contributed by atoms with Gasteiger partial charge in [-0.15, -0.1) is 0 Å². The Hall–Kier alpha value is -2.01. The fraction of sp³-hybridized carbons (Fsp3) is 0.389. The van der Waals surface area contributed by atoms with E-state index in [9.17, 15) is 5.26 Å². The summed E-state index contributed by atoms with van der Waals surface area (Å²) in [7, 11) is 0. The van der Waals surface area contributed by atoms with Gasteiger partial charge < -0.3 is 5.32 Å². The number of nitriles is 1. The summed E-state index contributed by atoms with van der Waals surface area (Å²) in [6.07, 6.45) is 2.38. The van der Waals surface area contributed by atoms with Crippen molar-refractivity contribution in [1.29, 1.82) is 5.26 Å². The first-order valence-corrected chi connectivity index (χ1v) is 7.30. The van der Waals surface area contributed by atoms with Crippen LogP contribution < -0.4 is 5.32 Å². The van der Waals surface area contributed by atoms with Crippen LogP contribution in [0.5, 0.6) is 0 Å². The molecule has 1 atom stereocenters. The van der Waals surface area contributed by atoms with Crippen LogP contribution in [0.2, 0.25) is 0 Å². The largest absolute Gasteiger partial charge is 0.382 e. The van der Waals surface area contributed by atoms with Gasteiger partial charge in [0, 0.05) is 22.5 Å². The molecule has 0 spiro atoms. The third-order valence-corrected chi connectivity index (χ3v) is 3.62. The van der Waals surface area contributed by atoms with E-state index in [1.54, 1.807) is 0 Å². The van der Waals surface area contributed by atoms with Crippen LogP contribution in [-0.4, -0.2) is 6.04 Å². The van der Waals surface area contributed by atoms with E-state index in [4.69, 9.17) is 0 Å². The predicted octanol–water partition coefficient (Wildman–Crippen LogP) is 4.95. The van der Waals surface area contributed by atoms with Crippen LogP contribution in [0, 0.1) is 17.2 Å². The van der Waals surface area contributed by atoms with Gasteiger partial charge in [0.2, 0.25) is 0 Å². The van der Waals surface area contributed by atoms with Crippen LogP contribution in [0.3, 0.4) is 0 Å². The second-order valence-electron chi connectivity index (χ2n) is 5.83. The van der Waals surface area contributed by atoms with E-state index in [1.807, 2.05) is 30.3 Å².